The number of halogens is 1. The van der Waals surface area contributed by atoms with Crippen LogP contribution in [0, 0.1) is 23.1 Å². The first-order valence-corrected chi connectivity index (χ1v) is 9.03. The number of aromatic nitrogens is 2. The van der Waals surface area contributed by atoms with Crippen molar-refractivity contribution in [3.8, 4) is 6.07 Å². The number of nitriles is 1. The molecular weight excluding hydrogens is 329 g/mol. The van der Waals surface area contributed by atoms with Gasteiger partial charge in [-0.2, -0.15) is 10.4 Å². The van der Waals surface area contributed by atoms with Gasteiger partial charge >= 0.3 is 0 Å². The second-order valence-electron chi connectivity index (χ2n) is 7.39. The van der Waals surface area contributed by atoms with Gasteiger partial charge < -0.3 is 4.90 Å². The van der Waals surface area contributed by atoms with Crippen LogP contribution in [-0.2, 0) is 13.6 Å². The van der Waals surface area contributed by atoms with Crippen LogP contribution in [-0.4, -0.2) is 46.8 Å². The molecule has 1 aromatic heterocycles. The fraction of sp³-hybridized carbons (Fsp3) is 0.500. The smallest absolute Gasteiger partial charge is 0.123 e. The van der Waals surface area contributed by atoms with Crippen LogP contribution in [0.1, 0.15) is 35.6 Å². The van der Waals surface area contributed by atoms with Gasteiger partial charge in [-0.15, -0.1) is 0 Å². The third kappa shape index (κ3) is 4.12. The van der Waals surface area contributed by atoms with E-state index in [-0.39, 0.29) is 5.82 Å². The number of piperidine rings is 1. The minimum atomic E-state index is -0.293. The van der Waals surface area contributed by atoms with Gasteiger partial charge in [-0.05, 0) is 63.2 Å². The molecule has 0 bridgehead atoms. The van der Waals surface area contributed by atoms with E-state index in [1.807, 2.05) is 25.0 Å². The molecule has 1 aliphatic heterocycles. The minimum absolute atomic E-state index is 0.293. The average molecular weight is 355 g/mol. The number of hydrogen-bond acceptors (Lipinski definition) is 4. The maximum Gasteiger partial charge on any atom is 0.123 e. The third-order valence-corrected chi connectivity index (χ3v) is 5.25. The lowest BCUT2D eigenvalue weighted by Gasteiger charge is -2.40. The Morgan fingerprint density at radius 1 is 1.38 bits per heavy atom. The summed E-state index contributed by atoms with van der Waals surface area (Å²) >= 11 is 0. The van der Waals surface area contributed by atoms with Gasteiger partial charge in [-0.1, -0.05) is 0 Å². The van der Waals surface area contributed by atoms with E-state index in [9.17, 15) is 9.65 Å². The molecular formula is C20H26FN5. The first kappa shape index (κ1) is 18.6. The summed E-state index contributed by atoms with van der Waals surface area (Å²) in [7, 11) is 6.16. The van der Waals surface area contributed by atoms with Crippen LogP contribution in [0.3, 0.4) is 0 Å². The summed E-state index contributed by atoms with van der Waals surface area (Å²) in [4.78, 5) is 4.60. The van der Waals surface area contributed by atoms with Gasteiger partial charge in [0, 0.05) is 37.9 Å². The molecule has 1 aliphatic rings. The van der Waals surface area contributed by atoms with Crippen LogP contribution in [0.15, 0.2) is 30.6 Å². The van der Waals surface area contributed by atoms with Crippen molar-refractivity contribution in [1.82, 2.24) is 19.6 Å². The SMILES string of the molecule is CN(Cc1cc(F)ccc1C#N)C[C@@H]1CCCN(C)[C@H]1c1cnn(C)c1. The number of aryl methyl sites for hydroxylation is 1. The Morgan fingerprint density at radius 3 is 2.88 bits per heavy atom. The zero-order valence-corrected chi connectivity index (χ0v) is 15.7. The third-order valence-electron chi connectivity index (χ3n) is 5.25. The first-order chi connectivity index (χ1) is 12.5. The van der Waals surface area contributed by atoms with Crippen molar-refractivity contribution in [2.45, 2.75) is 25.4 Å². The Labute approximate surface area is 154 Å². The Kier molecular flexibility index (Phi) is 5.70. The molecule has 2 atom stereocenters. The van der Waals surface area contributed by atoms with E-state index in [1.165, 1.54) is 24.1 Å². The molecule has 2 heterocycles. The van der Waals surface area contributed by atoms with Crippen molar-refractivity contribution in [3.05, 3.63) is 53.1 Å². The zero-order valence-electron chi connectivity index (χ0n) is 15.7. The van der Waals surface area contributed by atoms with Crippen molar-refractivity contribution in [3.63, 3.8) is 0 Å². The van der Waals surface area contributed by atoms with Crippen molar-refractivity contribution in [2.24, 2.45) is 13.0 Å². The molecule has 0 amide bonds. The maximum absolute atomic E-state index is 13.6. The van der Waals surface area contributed by atoms with Gasteiger partial charge in [0.1, 0.15) is 5.82 Å². The van der Waals surface area contributed by atoms with Gasteiger partial charge in [0.15, 0.2) is 0 Å². The van der Waals surface area contributed by atoms with Crippen LogP contribution in [0.25, 0.3) is 0 Å². The van der Waals surface area contributed by atoms with Crippen LogP contribution in [0.4, 0.5) is 4.39 Å². The second kappa shape index (κ2) is 7.98. The molecule has 26 heavy (non-hydrogen) atoms. The molecule has 3 rings (SSSR count). The number of likely N-dealkylation sites (tertiary alicyclic amines) is 1. The summed E-state index contributed by atoms with van der Waals surface area (Å²) in [5.74, 6) is 0.181. The standard InChI is InChI=1S/C20H26FN5/c1-24(13-17-9-19(21)7-6-15(17)10-22)12-16-5-4-8-25(2)20(16)18-11-23-26(3)14-18/h6-7,9,11,14,16,20H,4-5,8,12-13H2,1-3H3/t16-,20+/m0/s1. The molecule has 1 saturated heterocycles. The Balaban J connectivity index is 1.74. The van der Waals surface area contributed by atoms with Crippen LogP contribution in [0.5, 0.6) is 0 Å². The van der Waals surface area contributed by atoms with E-state index in [1.54, 1.807) is 6.07 Å². The highest BCUT2D eigenvalue weighted by Gasteiger charge is 2.32. The van der Waals surface area contributed by atoms with E-state index in [0.717, 1.165) is 25.1 Å². The fourth-order valence-electron chi connectivity index (χ4n) is 4.13. The highest BCUT2D eigenvalue weighted by molar-refractivity contribution is 5.37. The molecule has 2 aromatic rings. The summed E-state index contributed by atoms with van der Waals surface area (Å²) in [6.07, 6.45) is 6.39. The molecule has 1 fully saturated rings. The van der Waals surface area contributed by atoms with Crippen LogP contribution < -0.4 is 0 Å². The van der Waals surface area contributed by atoms with Gasteiger partial charge in [0.2, 0.25) is 0 Å². The lowest BCUT2D eigenvalue weighted by Crippen LogP contribution is -2.40. The Bertz CT molecular complexity index is 794. The quantitative estimate of drug-likeness (QED) is 0.827. The normalized spacial score (nSPS) is 21.1. The lowest BCUT2D eigenvalue weighted by molar-refractivity contribution is 0.0925. The molecule has 0 radical (unpaired) electrons. The molecule has 5 nitrogen and oxygen atoms in total. The van der Waals surface area contributed by atoms with Crippen LogP contribution >= 0.6 is 0 Å². The van der Waals surface area contributed by atoms with Crippen molar-refractivity contribution in [2.75, 3.05) is 27.2 Å². The van der Waals surface area contributed by atoms with E-state index >= 15 is 0 Å². The Morgan fingerprint density at radius 2 is 2.19 bits per heavy atom. The van der Waals surface area contributed by atoms with Crippen LogP contribution in [0.2, 0.25) is 0 Å². The molecule has 0 spiro atoms. The first-order valence-electron chi connectivity index (χ1n) is 9.03. The van der Waals surface area contributed by atoms with E-state index in [2.05, 4.69) is 34.2 Å². The summed E-state index contributed by atoms with van der Waals surface area (Å²) in [5.41, 5.74) is 2.54. The second-order valence-corrected chi connectivity index (χ2v) is 7.39. The molecule has 6 heteroatoms. The molecule has 0 N–H and O–H groups in total. The monoisotopic (exact) mass is 355 g/mol. The van der Waals surface area contributed by atoms with Gasteiger partial charge in [-0.3, -0.25) is 9.58 Å². The molecule has 0 saturated carbocycles. The largest absolute Gasteiger partial charge is 0.302 e. The molecule has 0 unspecified atom stereocenters. The minimum Gasteiger partial charge on any atom is -0.302 e. The number of rotatable bonds is 5. The van der Waals surface area contributed by atoms with E-state index in [0.29, 0.717) is 24.1 Å². The van der Waals surface area contributed by atoms with Gasteiger partial charge in [0.05, 0.1) is 17.8 Å². The highest BCUT2D eigenvalue weighted by atomic mass is 19.1. The number of benzene rings is 1. The summed E-state index contributed by atoms with van der Waals surface area (Å²) in [6, 6.07) is 6.88. The topological polar surface area (TPSA) is 48.1 Å². The zero-order chi connectivity index (χ0) is 18.7. The van der Waals surface area contributed by atoms with Gasteiger partial charge in [-0.25, -0.2) is 4.39 Å². The van der Waals surface area contributed by atoms with E-state index < -0.39 is 0 Å². The predicted molar refractivity (Wildman–Crippen MR) is 98.8 cm³/mol. The van der Waals surface area contributed by atoms with E-state index in [4.69, 9.17) is 0 Å². The van der Waals surface area contributed by atoms with Crippen molar-refractivity contribution < 1.29 is 4.39 Å². The summed E-state index contributed by atoms with van der Waals surface area (Å²) in [6.45, 7) is 2.55. The number of hydrogen-bond donors (Lipinski definition) is 0. The molecule has 1 aromatic carbocycles. The van der Waals surface area contributed by atoms with Crippen molar-refractivity contribution >= 4 is 0 Å². The van der Waals surface area contributed by atoms with Crippen molar-refractivity contribution in [1.29, 1.82) is 5.26 Å². The number of nitrogens with zero attached hydrogens (tertiary/aromatic N) is 5. The lowest BCUT2D eigenvalue weighted by atomic mass is 9.85. The highest BCUT2D eigenvalue weighted by Crippen LogP contribution is 2.35. The predicted octanol–water partition coefficient (Wildman–Crippen LogP) is 2.95. The van der Waals surface area contributed by atoms with Gasteiger partial charge in [0.25, 0.3) is 0 Å². The molecule has 138 valence electrons. The maximum atomic E-state index is 13.6. The Hall–Kier alpha value is -2.23. The summed E-state index contributed by atoms with van der Waals surface area (Å²) < 4.78 is 15.4. The summed E-state index contributed by atoms with van der Waals surface area (Å²) in [5, 5.41) is 13.6. The fourth-order valence-corrected chi connectivity index (χ4v) is 4.13. The average Bonchev–Trinajstić information content (AvgIpc) is 3.01. The molecule has 0 aliphatic carbocycles.